The lowest BCUT2D eigenvalue weighted by molar-refractivity contribution is -0.119. The number of benzene rings is 2. The Bertz CT molecular complexity index is 822. The zero-order valence-corrected chi connectivity index (χ0v) is 12.8. The Kier molecular flexibility index (Phi) is 5.43. The molecule has 0 radical (unpaired) electrons. The molecule has 4 N–H and O–H groups in total. The summed E-state index contributed by atoms with van der Waals surface area (Å²) in [5, 5.41) is 11.1. The minimum absolute atomic E-state index is 0.0299. The van der Waals surface area contributed by atoms with Crippen LogP contribution < -0.4 is 11.1 Å². The van der Waals surface area contributed by atoms with E-state index in [2.05, 4.69) is 5.32 Å². The quantitative estimate of drug-likeness (QED) is 0.735. The molecular formula is C17H14F2N2O4. The zero-order valence-electron chi connectivity index (χ0n) is 12.8. The maximum atomic E-state index is 13.6. The highest BCUT2D eigenvalue weighted by molar-refractivity contribution is 5.97. The molecule has 8 heteroatoms. The number of amides is 2. The summed E-state index contributed by atoms with van der Waals surface area (Å²) in [6, 6.07) is 7.54. The molecule has 130 valence electrons. The molecule has 0 heterocycles. The van der Waals surface area contributed by atoms with Crippen LogP contribution in [-0.4, -0.2) is 28.9 Å². The zero-order chi connectivity index (χ0) is 18.6. The van der Waals surface area contributed by atoms with Crippen LogP contribution in [0.5, 0.6) is 0 Å². The Morgan fingerprint density at radius 1 is 1.08 bits per heavy atom. The SMILES string of the molecule is NC(=O)[C@@H](Cc1ccc(C(=O)O)cc1)NC(=O)c1cccc(F)c1F. The van der Waals surface area contributed by atoms with E-state index in [9.17, 15) is 23.2 Å². The summed E-state index contributed by atoms with van der Waals surface area (Å²) in [6.07, 6.45) is -0.0299. The van der Waals surface area contributed by atoms with Crippen molar-refractivity contribution in [3.05, 3.63) is 70.8 Å². The number of rotatable bonds is 6. The summed E-state index contributed by atoms with van der Waals surface area (Å²) >= 11 is 0. The Hall–Kier alpha value is -3.29. The summed E-state index contributed by atoms with van der Waals surface area (Å²) in [7, 11) is 0. The van der Waals surface area contributed by atoms with Gasteiger partial charge in [0.15, 0.2) is 11.6 Å². The van der Waals surface area contributed by atoms with Gasteiger partial charge in [-0.05, 0) is 29.8 Å². The van der Waals surface area contributed by atoms with Crippen molar-refractivity contribution in [2.75, 3.05) is 0 Å². The molecule has 2 aromatic rings. The van der Waals surface area contributed by atoms with Gasteiger partial charge in [-0.25, -0.2) is 13.6 Å². The van der Waals surface area contributed by atoms with Crippen molar-refractivity contribution in [2.24, 2.45) is 5.73 Å². The maximum Gasteiger partial charge on any atom is 0.335 e. The van der Waals surface area contributed by atoms with Crippen molar-refractivity contribution in [3.8, 4) is 0 Å². The van der Waals surface area contributed by atoms with Crippen LogP contribution in [0.4, 0.5) is 8.78 Å². The Morgan fingerprint density at radius 2 is 1.72 bits per heavy atom. The molecule has 0 bridgehead atoms. The fraction of sp³-hybridized carbons (Fsp3) is 0.118. The molecule has 2 rings (SSSR count). The second kappa shape index (κ2) is 7.52. The van der Waals surface area contributed by atoms with Gasteiger partial charge in [0.2, 0.25) is 5.91 Å². The summed E-state index contributed by atoms with van der Waals surface area (Å²) in [5.74, 6) is -5.47. The number of carboxylic acid groups (broad SMARTS) is 1. The van der Waals surface area contributed by atoms with Crippen molar-refractivity contribution in [1.82, 2.24) is 5.32 Å². The van der Waals surface area contributed by atoms with Crippen molar-refractivity contribution < 1.29 is 28.3 Å². The van der Waals surface area contributed by atoms with Crippen molar-refractivity contribution in [1.29, 1.82) is 0 Å². The monoisotopic (exact) mass is 348 g/mol. The lowest BCUT2D eigenvalue weighted by atomic mass is 10.0. The van der Waals surface area contributed by atoms with Crippen LogP contribution in [0.1, 0.15) is 26.3 Å². The lowest BCUT2D eigenvalue weighted by Crippen LogP contribution is -2.46. The molecule has 2 amide bonds. The van der Waals surface area contributed by atoms with Gasteiger partial charge in [0, 0.05) is 6.42 Å². The Balaban J connectivity index is 2.15. The van der Waals surface area contributed by atoms with E-state index in [1.807, 2.05) is 0 Å². The molecule has 2 aromatic carbocycles. The average Bonchev–Trinajstić information content (AvgIpc) is 2.57. The van der Waals surface area contributed by atoms with E-state index in [-0.39, 0.29) is 12.0 Å². The molecule has 0 saturated carbocycles. The number of carboxylic acids is 1. The third kappa shape index (κ3) is 4.37. The molecule has 0 saturated heterocycles. The van der Waals surface area contributed by atoms with Gasteiger partial charge in [-0.3, -0.25) is 9.59 Å². The van der Waals surface area contributed by atoms with Gasteiger partial charge in [-0.1, -0.05) is 18.2 Å². The molecule has 1 atom stereocenters. The van der Waals surface area contributed by atoms with Crippen LogP contribution in [0.3, 0.4) is 0 Å². The first-order valence-electron chi connectivity index (χ1n) is 7.16. The minimum Gasteiger partial charge on any atom is -0.478 e. The van der Waals surface area contributed by atoms with Crippen LogP contribution in [-0.2, 0) is 11.2 Å². The number of nitrogens with two attached hydrogens (primary N) is 1. The smallest absolute Gasteiger partial charge is 0.335 e. The summed E-state index contributed by atoms with van der Waals surface area (Å²) < 4.78 is 26.8. The molecule has 0 fully saturated rings. The minimum atomic E-state index is -1.32. The van der Waals surface area contributed by atoms with Gasteiger partial charge in [-0.15, -0.1) is 0 Å². The van der Waals surface area contributed by atoms with Crippen LogP contribution in [0.15, 0.2) is 42.5 Å². The first-order valence-corrected chi connectivity index (χ1v) is 7.16. The summed E-state index contributed by atoms with van der Waals surface area (Å²) in [4.78, 5) is 34.4. The number of carbonyl (C=O) groups is 3. The van der Waals surface area contributed by atoms with E-state index in [4.69, 9.17) is 10.8 Å². The molecule has 0 aliphatic rings. The lowest BCUT2D eigenvalue weighted by Gasteiger charge is -2.16. The van der Waals surface area contributed by atoms with Crippen molar-refractivity contribution in [2.45, 2.75) is 12.5 Å². The van der Waals surface area contributed by atoms with Crippen LogP contribution in [0.2, 0.25) is 0 Å². The van der Waals surface area contributed by atoms with E-state index < -0.39 is 41.0 Å². The predicted octanol–water partition coefficient (Wildman–Crippen LogP) is 1.49. The van der Waals surface area contributed by atoms with Gasteiger partial charge in [0.05, 0.1) is 11.1 Å². The standard InChI is InChI=1S/C17H14F2N2O4/c18-12-3-1-2-11(14(12)19)16(23)21-13(15(20)22)8-9-4-6-10(7-5-9)17(24)25/h1-7,13H,8H2,(H2,20,22)(H,21,23)(H,24,25)/t13-/m1/s1. The van der Waals surface area contributed by atoms with E-state index in [1.54, 1.807) is 0 Å². The topological polar surface area (TPSA) is 109 Å². The molecule has 6 nitrogen and oxygen atoms in total. The highest BCUT2D eigenvalue weighted by atomic mass is 19.2. The largest absolute Gasteiger partial charge is 0.478 e. The highest BCUT2D eigenvalue weighted by Crippen LogP contribution is 2.12. The fourth-order valence-corrected chi connectivity index (χ4v) is 2.16. The number of primary amides is 1. The molecule has 0 spiro atoms. The van der Waals surface area contributed by atoms with Crippen molar-refractivity contribution >= 4 is 17.8 Å². The molecule has 0 aliphatic carbocycles. The first-order chi connectivity index (χ1) is 11.8. The van der Waals surface area contributed by atoms with E-state index in [0.29, 0.717) is 5.56 Å². The van der Waals surface area contributed by atoms with Crippen LogP contribution in [0.25, 0.3) is 0 Å². The number of hydrogen-bond donors (Lipinski definition) is 3. The Morgan fingerprint density at radius 3 is 2.28 bits per heavy atom. The molecule has 25 heavy (non-hydrogen) atoms. The summed E-state index contributed by atoms with van der Waals surface area (Å²) in [5.41, 5.74) is 5.29. The third-order valence-electron chi connectivity index (χ3n) is 3.49. The number of aromatic carboxylic acids is 1. The molecular weight excluding hydrogens is 334 g/mol. The second-order valence-corrected chi connectivity index (χ2v) is 5.24. The first kappa shape index (κ1) is 18.1. The molecule has 0 aliphatic heterocycles. The number of carbonyl (C=O) groups excluding carboxylic acids is 2. The van der Waals surface area contributed by atoms with E-state index in [0.717, 1.165) is 18.2 Å². The average molecular weight is 348 g/mol. The number of halogens is 2. The van der Waals surface area contributed by atoms with Gasteiger partial charge in [-0.2, -0.15) is 0 Å². The molecule has 0 aromatic heterocycles. The second-order valence-electron chi connectivity index (χ2n) is 5.24. The highest BCUT2D eigenvalue weighted by Gasteiger charge is 2.22. The normalized spacial score (nSPS) is 11.6. The predicted molar refractivity (Wildman–Crippen MR) is 83.9 cm³/mol. The van der Waals surface area contributed by atoms with Crippen LogP contribution in [0, 0.1) is 11.6 Å². The van der Waals surface area contributed by atoms with Gasteiger partial charge >= 0.3 is 5.97 Å². The maximum absolute atomic E-state index is 13.6. The van der Waals surface area contributed by atoms with Crippen molar-refractivity contribution in [3.63, 3.8) is 0 Å². The molecule has 0 unspecified atom stereocenters. The fourth-order valence-electron chi connectivity index (χ4n) is 2.16. The van der Waals surface area contributed by atoms with Gasteiger partial charge < -0.3 is 16.2 Å². The summed E-state index contributed by atoms with van der Waals surface area (Å²) in [6.45, 7) is 0. The van der Waals surface area contributed by atoms with E-state index in [1.165, 1.54) is 24.3 Å². The Labute approximate surface area is 141 Å². The van der Waals surface area contributed by atoms with E-state index >= 15 is 0 Å². The van der Waals surface area contributed by atoms with Gasteiger partial charge in [0.25, 0.3) is 5.91 Å². The number of hydrogen-bond acceptors (Lipinski definition) is 3. The third-order valence-corrected chi connectivity index (χ3v) is 3.49. The van der Waals surface area contributed by atoms with Gasteiger partial charge in [0.1, 0.15) is 6.04 Å². The number of nitrogens with one attached hydrogen (secondary N) is 1. The van der Waals surface area contributed by atoms with Crippen LogP contribution >= 0.6 is 0 Å².